The summed E-state index contributed by atoms with van der Waals surface area (Å²) in [5, 5.41) is 41.5. The van der Waals surface area contributed by atoms with Gasteiger partial charge in [0, 0.05) is 11.8 Å². The first-order chi connectivity index (χ1) is 9.97. The van der Waals surface area contributed by atoms with E-state index in [9.17, 15) is 15.3 Å². The summed E-state index contributed by atoms with van der Waals surface area (Å²) in [6, 6.07) is 5.35. The van der Waals surface area contributed by atoms with Gasteiger partial charge >= 0.3 is 0 Å². The molecular formula is C14H21NO6. The molecule has 1 aliphatic heterocycles. The number of hydrogen-bond acceptors (Lipinski definition) is 7. The Morgan fingerprint density at radius 2 is 1.90 bits per heavy atom. The Balaban J connectivity index is 2.14. The molecule has 118 valence electrons. The lowest BCUT2D eigenvalue weighted by molar-refractivity contribution is -0.221. The molecule has 0 amide bonds. The molecule has 1 fully saturated rings. The highest BCUT2D eigenvalue weighted by atomic mass is 16.6. The molecule has 1 aromatic carbocycles. The summed E-state index contributed by atoms with van der Waals surface area (Å²) in [5.74, 6) is 0.671. The van der Waals surface area contributed by atoms with Crippen molar-refractivity contribution >= 4 is 5.69 Å². The van der Waals surface area contributed by atoms with Crippen molar-refractivity contribution in [1.29, 1.82) is 0 Å². The standard InChI is InChI=1S/C14H21NO6/c1-7-3-4-8(5-9(7)20-2)15-14-13(19)12(18)11(17)10(6-16)21-14/h3-5,10-19H,6H2,1-2H3/t10-,11+,12+,13-,14-/m0/s1. The number of ether oxygens (including phenoxy) is 2. The number of methoxy groups -OCH3 is 1. The number of aliphatic hydroxyl groups excluding tert-OH is 4. The molecule has 5 atom stereocenters. The third-order valence-corrected chi connectivity index (χ3v) is 3.61. The van der Waals surface area contributed by atoms with E-state index in [2.05, 4.69) is 5.32 Å². The van der Waals surface area contributed by atoms with E-state index in [0.717, 1.165) is 5.56 Å². The molecule has 0 aromatic heterocycles. The van der Waals surface area contributed by atoms with Crippen LogP contribution in [0.1, 0.15) is 5.56 Å². The Hall–Kier alpha value is -1.38. The molecule has 1 saturated heterocycles. The monoisotopic (exact) mass is 299 g/mol. The lowest BCUT2D eigenvalue weighted by atomic mass is 9.98. The minimum Gasteiger partial charge on any atom is -0.496 e. The van der Waals surface area contributed by atoms with E-state index in [0.29, 0.717) is 11.4 Å². The first-order valence-electron chi connectivity index (χ1n) is 6.69. The van der Waals surface area contributed by atoms with Crippen LogP contribution in [0.5, 0.6) is 5.75 Å². The molecule has 5 N–H and O–H groups in total. The average molecular weight is 299 g/mol. The molecule has 2 rings (SSSR count). The van der Waals surface area contributed by atoms with Gasteiger partial charge in [0.25, 0.3) is 0 Å². The van der Waals surface area contributed by atoms with Gasteiger partial charge in [-0.05, 0) is 18.6 Å². The van der Waals surface area contributed by atoms with Gasteiger partial charge in [-0.25, -0.2) is 0 Å². The Kier molecular flexibility index (Phi) is 5.02. The molecule has 7 nitrogen and oxygen atoms in total. The number of rotatable bonds is 4. The molecule has 21 heavy (non-hydrogen) atoms. The number of aryl methyl sites for hydroxylation is 1. The third-order valence-electron chi connectivity index (χ3n) is 3.61. The van der Waals surface area contributed by atoms with Gasteiger partial charge in [0.05, 0.1) is 13.7 Å². The Morgan fingerprint density at radius 1 is 1.19 bits per heavy atom. The van der Waals surface area contributed by atoms with Crippen LogP contribution in [-0.2, 0) is 4.74 Å². The molecule has 0 unspecified atom stereocenters. The molecular weight excluding hydrogens is 278 g/mol. The summed E-state index contributed by atoms with van der Waals surface area (Å²) in [5.41, 5.74) is 1.58. The van der Waals surface area contributed by atoms with E-state index in [-0.39, 0.29) is 0 Å². The van der Waals surface area contributed by atoms with Crippen LogP contribution in [-0.4, -0.2) is 64.8 Å². The molecule has 0 aliphatic carbocycles. The van der Waals surface area contributed by atoms with Crippen LogP contribution < -0.4 is 10.1 Å². The first-order valence-corrected chi connectivity index (χ1v) is 6.69. The molecule has 1 aromatic rings. The first kappa shape index (κ1) is 16.0. The van der Waals surface area contributed by atoms with Gasteiger partial charge in [-0.1, -0.05) is 6.07 Å². The molecule has 0 spiro atoms. The quantitative estimate of drug-likeness (QED) is 0.495. The summed E-state index contributed by atoms with van der Waals surface area (Å²) in [6.07, 6.45) is -5.98. The number of nitrogens with one attached hydrogen (secondary N) is 1. The van der Waals surface area contributed by atoms with Crippen LogP contribution in [0.4, 0.5) is 5.69 Å². The SMILES string of the molecule is COc1cc(N[C@H]2O[C@@H](CO)[C@@H](O)[C@@H](O)[C@@H]2O)ccc1C. The van der Waals surface area contributed by atoms with E-state index in [1.807, 2.05) is 13.0 Å². The fourth-order valence-corrected chi connectivity index (χ4v) is 2.29. The van der Waals surface area contributed by atoms with Crippen molar-refractivity contribution in [3.8, 4) is 5.75 Å². The van der Waals surface area contributed by atoms with Crippen LogP contribution in [0.25, 0.3) is 0 Å². The van der Waals surface area contributed by atoms with Crippen LogP contribution >= 0.6 is 0 Å². The van der Waals surface area contributed by atoms with Crippen molar-refractivity contribution in [2.45, 2.75) is 37.6 Å². The second-order valence-electron chi connectivity index (χ2n) is 5.08. The maximum atomic E-state index is 9.95. The normalized spacial score (nSPS) is 32.8. The highest BCUT2D eigenvalue weighted by Crippen LogP contribution is 2.26. The van der Waals surface area contributed by atoms with Crippen molar-refractivity contribution in [3.63, 3.8) is 0 Å². The third kappa shape index (κ3) is 3.28. The van der Waals surface area contributed by atoms with Gasteiger partial charge < -0.3 is 35.2 Å². The smallest absolute Gasteiger partial charge is 0.157 e. The average Bonchev–Trinajstić information content (AvgIpc) is 2.49. The van der Waals surface area contributed by atoms with E-state index in [1.165, 1.54) is 0 Å². The molecule has 7 heteroatoms. The summed E-state index contributed by atoms with van der Waals surface area (Å²) in [7, 11) is 1.56. The van der Waals surface area contributed by atoms with E-state index in [1.54, 1.807) is 19.2 Å². The highest BCUT2D eigenvalue weighted by Gasteiger charge is 2.43. The summed E-state index contributed by atoms with van der Waals surface area (Å²) >= 11 is 0. The molecule has 0 saturated carbocycles. The number of aliphatic hydroxyl groups is 4. The van der Waals surface area contributed by atoms with E-state index in [4.69, 9.17) is 14.6 Å². The molecule has 0 radical (unpaired) electrons. The Bertz CT molecular complexity index is 481. The summed E-state index contributed by atoms with van der Waals surface area (Å²) in [6.45, 7) is 1.44. The second-order valence-corrected chi connectivity index (χ2v) is 5.08. The van der Waals surface area contributed by atoms with Crippen molar-refractivity contribution in [3.05, 3.63) is 23.8 Å². The Labute approximate surface area is 122 Å². The van der Waals surface area contributed by atoms with Gasteiger partial charge in [0.1, 0.15) is 30.2 Å². The fraction of sp³-hybridized carbons (Fsp3) is 0.571. The topological polar surface area (TPSA) is 111 Å². The summed E-state index contributed by atoms with van der Waals surface area (Å²) in [4.78, 5) is 0. The molecule has 1 aliphatic rings. The second kappa shape index (κ2) is 6.59. The maximum absolute atomic E-state index is 9.95. The molecule has 0 bridgehead atoms. The van der Waals surface area contributed by atoms with Gasteiger partial charge in [0.2, 0.25) is 0 Å². The van der Waals surface area contributed by atoms with Crippen molar-refractivity contribution in [2.24, 2.45) is 0 Å². The van der Waals surface area contributed by atoms with Crippen LogP contribution in [0.3, 0.4) is 0 Å². The zero-order chi connectivity index (χ0) is 15.6. The van der Waals surface area contributed by atoms with Crippen LogP contribution in [0.2, 0.25) is 0 Å². The van der Waals surface area contributed by atoms with Gasteiger partial charge in [-0.2, -0.15) is 0 Å². The largest absolute Gasteiger partial charge is 0.496 e. The van der Waals surface area contributed by atoms with Crippen LogP contribution in [0.15, 0.2) is 18.2 Å². The highest BCUT2D eigenvalue weighted by molar-refractivity contribution is 5.52. The maximum Gasteiger partial charge on any atom is 0.157 e. The minimum absolute atomic E-state index is 0.458. The number of benzene rings is 1. The van der Waals surface area contributed by atoms with E-state index < -0.39 is 37.3 Å². The number of anilines is 1. The zero-order valence-corrected chi connectivity index (χ0v) is 11.9. The predicted octanol–water partition coefficient (Wildman–Crippen LogP) is -0.785. The van der Waals surface area contributed by atoms with Gasteiger partial charge in [-0.3, -0.25) is 0 Å². The van der Waals surface area contributed by atoms with E-state index >= 15 is 0 Å². The zero-order valence-electron chi connectivity index (χ0n) is 11.9. The van der Waals surface area contributed by atoms with Crippen molar-refractivity contribution in [1.82, 2.24) is 0 Å². The lowest BCUT2D eigenvalue weighted by Crippen LogP contribution is -2.60. The van der Waals surface area contributed by atoms with Crippen molar-refractivity contribution < 1.29 is 29.9 Å². The van der Waals surface area contributed by atoms with Crippen LogP contribution in [0, 0.1) is 6.92 Å². The molecule has 1 heterocycles. The predicted molar refractivity (Wildman–Crippen MR) is 75.1 cm³/mol. The fourth-order valence-electron chi connectivity index (χ4n) is 2.29. The Morgan fingerprint density at radius 3 is 2.52 bits per heavy atom. The summed E-state index contributed by atoms with van der Waals surface area (Å²) < 4.78 is 10.6. The van der Waals surface area contributed by atoms with Gasteiger partial charge in [-0.15, -0.1) is 0 Å². The van der Waals surface area contributed by atoms with Gasteiger partial charge in [0.15, 0.2) is 6.23 Å². The minimum atomic E-state index is -1.40. The number of hydrogen-bond donors (Lipinski definition) is 5. The lowest BCUT2D eigenvalue weighted by Gasteiger charge is -2.40. The van der Waals surface area contributed by atoms with Crippen molar-refractivity contribution in [2.75, 3.05) is 19.0 Å².